The number of anilines is 1. The van der Waals surface area contributed by atoms with Gasteiger partial charge in [0.05, 0.1) is 11.1 Å². The molecule has 2 aromatic carbocycles. The van der Waals surface area contributed by atoms with Crippen LogP contribution in [-0.2, 0) is 4.74 Å². The number of halogens is 1. The standard InChI is InChI=1S/C23H20BrNO6/c1-12(2)6-9-19(31-23(30)25-14-5-3-4-13(24)10-14)15-11-18(28)20-16(26)7-8-17(27)21(20)22(15)29/h3-8,10-11,19,26-27H,9H2,1-2H3,(H,25,30)/t19-/m1/s1. The van der Waals surface area contributed by atoms with Gasteiger partial charge in [0.15, 0.2) is 11.6 Å². The van der Waals surface area contributed by atoms with E-state index in [1.807, 2.05) is 13.8 Å². The molecule has 0 bridgehead atoms. The fraction of sp³-hybridized carbons (Fsp3) is 0.174. The van der Waals surface area contributed by atoms with Crippen LogP contribution in [0.15, 0.2) is 64.2 Å². The van der Waals surface area contributed by atoms with Crippen LogP contribution in [0.5, 0.6) is 11.5 Å². The Bertz CT molecular complexity index is 1130. The number of ketones is 2. The number of benzene rings is 2. The molecule has 0 radical (unpaired) electrons. The van der Waals surface area contributed by atoms with Gasteiger partial charge in [-0.1, -0.05) is 33.6 Å². The highest BCUT2D eigenvalue weighted by Crippen LogP contribution is 2.36. The van der Waals surface area contributed by atoms with E-state index in [4.69, 9.17) is 4.74 Å². The molecule has 0 aliphatic heterocycles. The van der Waals surface area contributed by atoms with Crippen molar-refractivity contribution in [3.8, 4) is 11.5 Å². The summed E-state index contributed by atoms with van der Waals surface area (Å²) < 4.78 is 6.25. The Labute approximate surface area is 187 Å². The third-order valence-electron chi connectivity index (χ3n) is 4.59. The molecule has 8 heteroatoms. The topological polar surface area (TPSA) is 113 Å². The number of ether oxygens (including phenoxy) is 1. The molecule has 3 rings (SSSR count). The number of Topliss-reactive ketones (excluding diaryl/α,β-unsaturated/α-hetero) is 1. The molecule has 2 aromatic rings. The Morgan fingerprint density at radius 2 is 1.81 bits per heavy atom. The zero-order chi connectivity index (χ0) is 22.7. The predicted octanol–water partition coefficient (Wildman–Crippen LogP) is 5.14. The summed E-state index contributed by atoms with van der Waals surface area (Å²) >= 11 is 3.31. The lowest BCUT2D eigenvalue weighted by molar-refractivity contribution is 0.0914. The third-order valence-corrected chi connectivity index (χ3v) is 5.08. The molecule has 0 heterocycles. The van der Waals surface area contributed by atoms with E-state index in [9.17, 15) is 24.6 Å². The smallest absolute Gasteiger partial charge is 0.412 e. The number of phenolic OH excluding ortho intramolecular Hbond substituents is 2. The average Bonchev–Trinajstić information content (AvgIpc) is 2.69. The van der Waals surface area contributed by atoms with Crippen LogP contribution >= 0.6 is 15.9 Å². The van der Waals surface area contributed by atoms with Crippen molar-refractivity contribution in [2.45, 2.75) is 26.4 Å². The number of fused-ring (bicyclic) bond motifs is 1. The third kappa shape index (κ3) is 5.03. The minimum Gasteiger partial charge on any atom is -0.507 e. The van der Waals surface area contributed by atoms with Gasteiger partial charge < -0.3 is 14.9 Å². The highest BCUT2D eigenvalue weighted by atomic mass is 79.9. The van der Waals surface area contributed by atoms with Gasteiger partial charge in [-0.25, -0.2) is 4.79 Å². The molecule has 0 saturated heterocycles. The number of phenols is 2. The summed E-state index contributed by atoms with van der Waals surface area (Å²) in [6, 6.07) is 9.15. The number of allylic oxidation sites excluding steroid dienone is 2. The van der Waals surface area contributed by atoms with Crippen LogP contribution in [0.25, 0.3) is 0 Å². The summed E-state index contributed by atoms with van der Waals surface area (Å²) in [6.07, 6.45) is 1.08. The molecule has 0 saturated carbocycles. The maximum absolute atomic E-state index is 13.1. The van der Waals surface area contributed by atoms with E-state index in [1.165, 1.54) is 0 Å². The van der Waals surface area contributed by atoms with E-state index < -0.39 is 35.3 Å². The van der Waals surface area contributed by atoms with Gasteiger partial charge in [-0.3, -0.25) is 14.9 Å². The number of amides is 1. The van der Waals surface area contributed by atoms with Crippen LogP contribution in [0.2, 0.25) is 0 Å². The highest BCUT2D eigenvalue weighted by molar-refractivity contribution is 9.10. The molecule has 31 heavy (non-hydrogen) atoms. The molecule has 0 fully saturated rings. The highest BCUT2D eigenvalue weighted by Gasteiger charge is 2.35. The van der Waals surface area contributed by atoms with E-state index >= 15 is 0 Å². The summed E-state index contributed by atoms with van der Waals surface area (Å²) in [4.78, 5) is 38.2. The van der Waals surface area contributed by atoms with Crippen LogP contribution in [0.4, 0.5) is 10.5 Å². The van der Waals surface area contributed by atoms with Gasteiger partial charge in [-0.15, -0.1) is 0 Å². The van der Waals surface area contributed by atoms with Crippen molar-refractivity contribution >= 4 is 39.3 Å². The van der Waals surface area contributed by atoms with Crippen LogP contribution in [-0.4, -0.2) is 34.0 Å². The Morgan fingerprint density at radius 1 is 1.13 bits per heavy atom. The van der Waals surface area contributed by atoms with Crippen molar-refractivity contribution in [2.24, 2.45) is 0 Å². The Balaban J connectivity index is 1.92. The minimum absolute atomic E-state index is 0.0831. The van der Waals surface area contributed by atoms with E-state index in [2.05, 4.69) is 21.2 Å². The summed E-state index contributed by atoms with van der Waals surface area (Å²) in [7, 11) is 0. The fourth-order valence-electron chi connectivity index (χ4n) is 3.15. The van der Waals surface area contributed by atoms with Crippen molar-refractivity contribution in [2.75, 3.05) is 5.32 Å². The second-order valence-electron chi connectivity index (χ2n) is 7.19. The summed E-state index contributed by atoms with van der Waals surface area (Å²) in [6.45, 7) is 3.69. The van der Waals surface area contributed by atoms with E-state index in [0.717, 1.165) is 28.3 Å². The monoisotopic (exact) mass is 485 g/mol. The number of hydrogen-bond donors (Lipinski definition) is 3. The zero-order valence-corrected chi connectivity index (χ0v) is 18.4. The van der Waals surface area contributed by atoms with Gasteiger partial charge in [0.25, 0.3) is 0 Å². The van der Waals surface area contributed by atoms with Gasteiger partial charge in [-0.2, -0.15) is 0 Å². The van der Waals surface area contributed by atoms with Crippen molar-refractivity contribution in [3.05, 3.63) is 75.3 Å². The number of nitrogens with one attached hydrogen (secondary N) is 1. The predicted molar refractivity (Wildman–Crippen MR) is 119 cm³/mol. The first-order valence-electron chi connectivity index (χ1n) is 9.39. The molecule has 3 N–H and O–H groups in total. The van der Waals surface area contributed by atoms with Crippen molar-refractivity contribution in [1.82, 2.24) is 0 Å². The number of carbonyl (C=O) groups is 3. The van der Waals surface area contributed by atoms with Crippen LogP contribution in [0, 0.1) is 0 Å². The number of carbonyl (C=O) groups excluding carboxylic acids is 3. The lowest BCUT2D eigenvalue weighted by atomic mass is 9.85. The van der Waals surface area contributed by atoms with E-state index in [-0.39, 0.29) is 23.1 Å². The second kappa shape index (κ2) is 9.18. The first-order chi connectivity index (χ1) is 14.7. The van der Waals surface area contributed by atoms with Crippen molar-refractivity contribution in [3.63, 3.8) is 0 Å². The normalized spacial score (nSPS) is 13.7. The number of rotatable bonds is 5. The first-order valence-corrected chi connectivity index (χ1v) is 10.2. The molecule has 1 amide bonds. The molecule has 7 nitrogen and oxygen atoms in total. The molecule has 160 valence electrons. The maximum atomic E-state index is 13.1. The summed E-state index contributed by atoms with van der Waals surface area (Å²) in [5.41, 5.74) is 0.750. The van der Waals surface area contributed by atoms with E-state index in [1.54, 1.807) is 30.3 Å². The summed E-state index contributed by atoms with van der Waals surface area (Å²) in [5, 5.41) is 22.7. The van der Waals surface area contributed by atoms with Crippen molar-refractivity contribution < 1.29 is 29.3 Å². The van der Waals surface area contributed by atoms with Crippen LogP contribution in [0.1, 0.15) is 41.0 Å². The van der Waals surface area contributed by atoms with Gasteiger partial charge in [0.1, 0.15) is 17.6 Å². The summed E-state index contributed by atoms with van der Waals surface area (Å²) in [5.74, 6) is -2.19. The first kappa shape index (κ1) is 22.3. The van der Waals surface area contributed by atoms with Gasteiger partial charge in [-0.05, 0) is 50.3 Å². The SMILES string of the molecule is CC(C)=CC[C@@H](OC(=O)Nc1cccc(Br)c1)C1=CC(=O)c2c(O)ccc(O)c2C1=O. The number of aromatic hydroxyl groups is 2. The van der Waals surface area contributed by atoms with E-state index in [0.29, 0.717) is 5.69 Å². The Hall–Kier alpha value is -3.39. The maximum Gasteiger partial charge on any atom is 0.412 e. The largest absolute Gasteiger partial charge is 0.507 e. The van der Waals surface area contributed by atoms with Gasteiger partial charge >= 0.3 is 6.09 Å². The van der Waals surface area contributed by atoms with Crippen LogP contribution in [0.3, 0.4) is 0 Å². The van der Waals surface area contributed by atoms with Crippen molar-refractivity contribution in [1.29, 1.82) is 0 Å². The average molecular weight is 486 g/mol. The molecule has 1 atom stereocenters. The molecule has 1 aliphatic carbocycles. The van der Waals surface area contributed by atoms with Gasteiger partial charge in [0, 0.05) is 22.2 Å². The zero-order valence-electron chi connectivity index (χ0n) is 16.8. The minimum atomic E-state index is -1.08. The number of hydrogen-bond acceptors (Lipinski definition) is 6. The molecular formula is C23H20BrNO6. The molecular weight excluding hydrogens is 466 g/mol. The molecule has 0 aromatic heterocycles. The molecule has 0 unspecified atom stereocenters. The quantitative estimate of drug-likeness (QED) is 0.399. The molecule has 0 spiro atoms. The molecule has 1 aliphatic rings. The lowest BCUT2D eigenvalue weighted by Crippen LogP contribution is -2.30. The fourth-order valence-corrected chi connectivity index (χ4v) is 3.55. The lowest BCUT2D eigenvalue weighted by Gasteiger charge is -2.23. The Morgan fingerprint density at radius 3 is 2.45 bits per heavy atom. The van der Waals surface area contributed by atoms with Crippen LogP contribution < -0.4 is 5.32 Å². The Kier molecular flexibility index (Phi) is 6.60. The second-order valence-corrected chi connectivity index (χ2v) is 8.11. The van der Waals surface area contributed by atoms with Gasteiger partial charge in [0.2, 0.25) is 0 Å².